The van der Waals surface area contributed by atoms with E-state index in [9.17, 15) is 35.4 Å². The van der Waals surface area contributed by atoms with Crippen LogP contribution in [0, 0.1) is 0 Å². The summed E-state index contributed by atoms with van der Waals surface area (Å²) in [5.41, 5.74) is 1.36. The van der Waals surface area contributed by atoms with Crippen LogP contribution in [-0.4, -0.2) is 91.9 Å². The van der Waals surface area contributed by atoms with Crippen molar-refractivity contribution in [3.05, 3.63) is 23.8 Å². The molecule has 7 N–H and O–H groups in total. The van der Waals surface area contributed by atoms with E-state index in [1.165, 1.54) is 115 Å². The van der Waals surface area contributed by atoms with Crippen LogP contribution in [0.2, 0.25) is 0 Å². The molecule has 1 rings (SSSR count). The van der Waals surface area contributed by atoms with E-state index in [1.54, 1.807) is 6.08 Å². The van der Waals surface area contributed by atoms with E-state index in [0.717, 1.165) is 38.5 Å². The summed E-state index contributed by atoms with van der Waals surface area (Å²) in [7, 11) is 0. The summed E-state index contributed by atoms with van der Waals surface area (Å²) < 4.78 is 5.68. The summed E-state index contributed by atoms with van der Waals surface area (Å²) in [4.78, 5) is 13.1. The number of carbonyl (C=O) groups is 1. The molecular weight excluding hydrogens is 658 g/mol. The molecule has 1 aliphatic heterocycles. The third-order valence-corrected chi connectivity index (χ3v) is 10.7. The Balaban J connectivity index is 2.55. The van der Waals surface area contributed by atoms with Crippen LogP contribution in [-0.2, 0) is 9.53 Å². The Hall–Kier alpha value is -1.33. The van der Waals surface area contributed by atoms with Crippen molar-refractivity contribution in [3.8, 4) is 0 Å². The largest absolute Gasteiger partial charge is 0.394 e. The second-order valence-electron chi connectivity index (χ2n) is 15.5. The molecule has 9 heteroatoms. The number of nitrogens with one attached hydrogen (secondary N) is 1. The molecule has 0 radical (unpaired) electrons. The highest BCUT2D eigenvalue weighted by Crippen LogP contribution is 2.25. The van der Waals surface area contributed by atoms with Gasteiger partial charge in [-0.05, 0) is 45.4 Å². The molecule has 52 heavy (non-hydrogen) atoms. The summed E-state index contributed by atoms with van der Waals surface area (Å²) in [6.45, 7) is 6.08. The fourth-order valence-corrected chi connectivity index (χ4v) is 7.11. The van der Waals surface area contributed by atoms with Gasteiger partial charge in [-0.25, -0.2) is 0 Å². The van der Waals surface area contributed by atoms with Gasteiger partial charge in [0.2, 0.25) is 5.91 Å². The quantitative estimate of drug-likeness (QED) is 0.0266. The summed E-state index contributed by atoms with van der Waals surface area (Å²) in [6, 6.07) is -0.939. The molecule has 1 amide bonds. The first-order valence-electron chi connectivity index (χ1n) is 21.4. The Morgan fingerprint density at radius 2 is 1.15 bits per heavy atom. The molecule has 0 spiro atoms. The molecule has 0 aromatic heterocycles. The fourth-order valence-electron chi connectivity index (χ4n) is 7.11. The number of unbranched alkanes of at least 4 members (excludes halogenated alkanes) is 20. The fraction of sp³-hybridized carbons (Fsp3) is 0.884. The molecule has 0 bridgehead atoms. The molecule has 1 heterocycles. The van der Waals surface area contributed by atoms with E-state index in [2.05, 4.69) is 32.2 Å². The number of carbonyl (C=O) groups excluding carboxylic acids is 1. The highest BCUT2D eigenvalue weighted by Gasteiger charge is 2.44. The minimum atomic E-state index is -1.55. The van der Waals surface area contributed by atoms with Crippen LogP contribution < -0.4 is 5.32 Å². The number of hydrogen-bond donors (Lipinski definition) is 7. The number of aliphatic hydroxyl groups is 6. The van der Waals surface area contributed by atoms with Crippen molar-refractivity contribution in [2.24, 2.45) is 0 Å². The molecule has 0 aromatic rings. The van der Waals surface area contributed by atoms with Gasteiger partial charge in [0.05, 0.1) is 24.9 Å². The van der Waals surface area contributed by atoms with Crippen molar-refractivity contribution in [1.29, 1.82) is 0 Å². The van der Waals surface area contributed by atoms with Crippen molar-refractivity contribution >= 4 is 5.91 Å². The first kappa shape index (κ1) is 48.7. The number of amides is 1. The van der Waals surface area contributed by atoms with Gasteiger partial charge >= 0.3 is 0 Å². The van der Waals surface area contributed by atoms with Crippen LogP contribution >= 0.6 is 0 Å². The van der Waals surface area contributed by atoms with Gasteiger partial charge in [0, 0.05) is 0 Å². The van der Waals surface area contributed by atoms with Gasteiger partial charge in [-0.1, -0.05) is 166 Å². The molecule has 0 unspecified atom stereocenters. The molecule has 306 valence electrons. The summed E-state index contributed by atoms with van der Waals surface area (Å²) in [6.07, 6.45) is 25.5. The van der Waals surface area contributed by atoms with Crippen LogP contribution in [0.25, 0.3) is 0 Å². The molecule has 1 aliphatic rings. The van der Waals surface area contributed by atoms with Crippen molar-refractivity contribution in [2.45, 2.75) is 236 Å². The predicted octanol–water partition coefficient (Wildman–Crippen LogP) is 7.72. The van der Waals surface area contributed by atoms with Gasteiger partial charge < -0.3 is 40.7 Å². The van der Waals surface area contributed by atoms with Crippen molar-refractivity contribution in [3.63, 3.8) is 0 Å². The van der Waals surface area contributed by atoms with Crippen LogP contribution in [0.4, 0.5) is 0 Å². The minimum absolute atomic E-state index is 0.0955. The number of aliphatic hydroxyl groups excluding tert-OH is 6. The maximum atomic E-state index is 13.1. The average molecular weight is 740 g/mol. The van der Waals surface area contributed by atoms with E-state index in [4.69, 9.17) is 4.74 Å². The number of hydrogen-bond acceptors (Lipinski definition) is 8. The van der Waals surface area contributed by atoms with E-state index in [-0.39, 0.29) is 6.42 Å². The number of rotatable bonds is 33. The van der Waals surface area contributed by atoms with Crippen LogP contribution in [0.15, 0.2) is 23.8 Å². The standard InChI is InChI=1S/C43H81NO8/c1-4-6-8-10-12-13-14-15-16-17-18-20-22-26-31-37(47)43(51)44-35(32-38-40(48)42(50)41(49)39(33-45)52-38)36(46)30-27-23-25-29-34(3)28-24-21-19-11-9-7-5-2/h27,29-30,35-42,45-50H,4-26,28,31-33H2,1-3H3,(H,44,51)/b30-27+,34-29+/t35-,36+,37+,38-,39+,40-,41+,42+/m0/s1. The average Bonchev–Trinajstić information content (AvgIpc) is 3.13. The molecule has 1 saturated heterocycles. The number of allylic oxidation sites excluding steroid dienone is 3. The second-order valence-corrected chi connectivity index (χ2v) is 15.5. The molecule has 0 aliphatic carbocycles. The number of ether oxygens (including phenoxy) is 1. The summed E-state index contributed by atoms with van der Waals surface area (Å²) in [5.74, 6) is -0.611. The Bertz CT molecular complexity index is 912. The maximum absolute atomic E-state index is 13.1. The van der Waals surface area contributed by atoms with Gasteiger partial charge in [0.25, 0.3) is 0 Å². The molecular formula is C43H81NO8. The van der Waals surface area contributed by atoms with E-state index in [1.807, 2.05) is 6.08 Å². The first-order valence-corrected chi connectivity index (χ1v) is 21.4. The van der Waals surface area contributed by atoms with Crippen LogP contribution in [0.3, 0.4) is 0 Å². The smallest absolute Gasteiger partial charge is 0.249 e. The van der Waals surface area contributed by atoms with E-state index < -0.39 is 61.3 Å². The lowest BCUT2D eigenvalue weighted by molar-refractivity contribution is -0.232. The topological polar surface area (TPSA) is 160 Å². The van der Waals surface area contributed by atoms with Gasteiger partial charge in [-0.15, -0.1) is 0 Å². The lowest BCUT2D eigenvalue weighted by atomic mass is 9.90. The Kier molecular flexibility index (Phi) is 29.9. The van der Waals surface area contributed by atoms with Crippen LogP contribution in [0.5, 0.6) is 0 Å². The van der Waals surface area contributed by atoms with Gasteiger partial charge in [-0.2, -0.15) is 0 Å². The zero-order valence-electron chi connectivity index (χ0n) is 33.4. The molecule has 1 fully saturated rings. The van der Waals surface area contributed by atoms with E-state index >= 15 is 0 Å². The Morgan fingerprint density at radius 3 is 1.67 bits per heavy atom. The van der Waals surface area contributed by atoms with Gasteiger partial charge in [0.15, 0.2) is 0 Å². The summed E-state index contributed by atoms with van der Waals surface area (Å²) in [5, 5.41) is 65.3. The maximum Gasteiger partial charge on any atom is 0.249 e. The SMILES string of the molecule is CCCCCCCCCCCCCCCC[C@@H](O)C(=O)N[C@@H](C[C@@H]1O[C@H](CO)[C@@H](O)[C@H](O)[C@H]1O)[C@H](O)/C=C/CC/C=C(\C)CCCCCCCCC. The Morgan fingerprint density at radius 1 is 0.673 bits per heavy atom. The predicted molar refractivity (Wildman–Crippen MR) is 212 cm³/mol. The second kappa shape index (κ2) is 32.0. The highest BCUT2D eigenvalue weighted by atomic mass is 16.5. The Labute approximate surface area is 317 Å². The monoisotopic (exact) mass is 740 g/mol. The third-order valence-electron chi connectivity index (χ3n) is 10.7. The lowest BCUT2D eigenvalue weighted by Gasteiger charge is -2.41. The molecule has 9 nitrogen and oxygen atoms in total. The van der Waals surface area contributed by atoms with E-state index in [0.29, 0.717) is 12.8 Å². The van der Waals surface area contributed by atoms with Crippen LogP contribution in [0.1, 0.15) is 188 Å². The van der Waals surface area contributed by atoms with Gasteiger partial charge in [0.1, 0.15) is 30.5 Å². The highest BCUT2D eigenvalue weighted by molar-refractivity contribution is 5.80. The lowest BCUT2D eigenvalue weighted by Crippen LogP contribution is -2.60. The zero-order chi connectivity index (χ0) is 38.4. The third kappa shape index (κ3) is 22.8. The minimum Gasteiger partial charge on any atom is -0.394 e. The normalized spacial score (nSPS) is 22.9. The van der Waals surface area contributed by atoms with Gasteiger partial charge in [-0.3, -0.25) is 4.79 Å². The summed E-state index contributed by atoms with van der Waals surface area (Å²) >= 11 is 0. The molecule has 8 atom stereocenters. The zero-order valence-corrected chi connectivity index (χ0v) is 33.4. The van der Waals surface area contributed by atoms with Crippen molar-refractivity contribution in [1.82, 2.24) is 5.32 Å². The first-order chi connectivity index (χ1) is 25.2. The molecule has 0 aromatic carbocycles. The van der Waals surface area contributed by atoms with Crippen molar-refractivity contribution < 1.29 is 40.2 Å². The van der Waals surface area contributed by atoms with Crippen molar-refractivity contribution in [2.75, 3.05) is 6.61 Å². The molecule has 0 saturated carbocycles.